The van der Waals surface area contributed by atoms with Gasteiger partial charge >= 0.3 is 15.5 Å². The smallest absolute Gasteiger partial charge is 0.454 e. The number of aryl methyl sites for hydroxylation is 1. The summed E-state index contributed by atoms with van der Waals surface area (Å²) in [6, 6.07) is 2.80. The van der Waals surface area contributed by atoms with Crippen LogP contribution in [0.4, 0.5) is 19.0 Å². The Balaban J connectivity index is 1.38. The Kier molecular flexibility index (Phi) is 6.72. The Bertz CT molecular complexity index is 1370. The fourth-order valence-electron chi connectivity index (χ4n) is 4.22. The maximum Gasteiger partial charge on any atom is 0.511 e. The maximum atomic E-state index is 13.2. The quantitative estimate of drug-likeness (QED) is 0.440. The SMILES string of the molecule is Nc1ncn(CCC2CCCCN2S(=O)(=O)C(F)(F)F)c2nc(Sc3cc4c(cc3Br)OCO4)nc1-2. The van der Waals surface area contributed by atoms with Crippen molar-refractivity contribution in [3.63, 3.8) is 0 Å². The summed E-state index contributed by atoms with van der Waals surface area (Å²) in [6.45, 7) is 0.167. The molecule has 1 aromatic carbocycles. The topological polar surface area (TPSA) is 125 Å². The van der Waals surface area contributed by atoms with Gasteiger partial charge in [-0.15, -0.1) is 0 Å². The van der Waals surface area contributed by atoms with Gasteiger partial charge in [0.05, 0.1) is 6.33 Å². The number of nitrogens with zero attached hydrogens (tertiary/aromatic N) is 5. The minimum Gasteiger partial charge on any atom is -0.454 e. The number of benzene rings is 1. The van der Waals surface area contributed by atoms with E-state index in [9.17, 15) is 21.6 Å². The predicted octanol–water partition coefficient (Wildman–Crippen LogP) is 4.10. The van der Waals surface area contributed by atoms with Gasteiger partial charge in [-0.05, 0) is 59.1 Å². The number of piperidine rings is 1. The van der Waals surface area contributed by atoms with Crippen molar-refractivity contribution in [1.29, 1.82) is 0 Å². The minimum atomic E-state index is -5.41. The van der Waals surface area contributed by atoms with Gasteiger partial charge in [-0.1, -0.05) is 6.42 Å². The van der Waals surface area contributed by atoms with E-state index >= 15 is 0 Å². The Morgan fingerprint density at radius 3 is 2.69 bits per heavy atom. The Morgan fingerprint density at radius 2 is 1.94 bits per heavy atom. The second-order valence-electron chi connectivity index (χ2n) is 8.24. The Hall–Kier alpha value is -2.30. The molecule has 4 aliphatic heterocycles. The first-order chi connectivity index (χ1) is 17.0. The number of imidazole rings is 1. The van der Waals surface area contributed by atoms with E-state index in [1.807, 2.05) is 0 Å². The standard InChI is InChI=1S/C20H20BrF3N6O4S2/c21-12-7-13-14(34-10-33-13)8-15(12)35-19-27-16-17(25)26-9-29(18(16)28-19)6-4-11-3-1-2-5-30(11)36(31,32)20(22,23)24/h7-9,11H,1-6,10,25H2. The van der Waals surface area contributed by atoms with Crippen molar-refractivity contribution in [2.75, 3.05) is 19.1 Å². The molecule has 1 unspecified atom stereocenters. The van der Waals surface area contributed by atoms with Crippen molar-refractivity contribution in [1.82, 2.24) is 23.8 Å². The van der Waals surface area contributed by atoms with Crippen LogP contribution in [-0.2, 0) is 16.6 Å². The molecule has 5 rings (SSSR count). The van der Waals surface area contributed by atoms with Crippen molar-refractivity contribution in [3.05, 3.63) is 22.9 Å². The van der Waals surface area contributed by atoms with Gasteiger partial charge in [-0.3, -0.25) is 0 Å². The lowest BCUT2D eigenvalue weighted by atomic mass is 10.0. The molecule has 2 N–H and O–H groups in total. The van der Waals surface area contributed by atoms with Crippen LogP contribution in [-0.4, -0.2) is 57.1 Å². The summed E-state index contributed by atoms with van der Waals surface area (Å²) in [6.07, 6.45) is 2.96. The second-order valence-corrected chi connectivity index (χ2v) is 12.0. The van der Waals surface area contributed by atoms with Crippen LogP contribution in [0.2, 0.25) is 0 Å². The van der Waals surface area contributed by atoms with Crippen LogP contribution in [0.5, 0.6) is 11.5 Å². The number of hydrogen-bond acceptors (Lipinski definition) is 9. The number of nitrogens with two attached hydrogens (primary N) is 1. The Labute approximate surface area is 216 Å². The third-order valence-electron chi connectivity index (χ3n) is 5.98. The summed E-state index contributed by atoms with van der Waals surface area (Å²) in [4.78, 5) is 14.0. The molecule has 36 heavy (non-hydrogen) atoms. The largest absolute Gasteiger partial charge is 0.511 e. The zero-order valence-corrected chi connectivity index (χ0v) is 21.8. The summed E-state index contributed by atoms with van der Waals surface area (Å²) >= 11 is 4.76. The summed E-state index contributed by atoms with van der Waals surface area (Å²) in [5.41, 5.74) is 1.02. The van der Waals surface area contributed by atoms with Crippen LogP contribution in [0.15, 0.2) is 33.0 Å². The van der Waals surface area contributed by atoms with Crippen molar-refractivity contribution in [3.8, 4) is 23.0 Å². The molecule has 1 aromatic rings. The monoisotopic (exact) mass is 608 g/mol. The highest BCUT2D eigenvalue weighted by atomic mass is 79.9. The average molecular weight is 609 g/mol. The fraction of sp³-hybridized carbons (Fsp3) is 0.450. The van der Waals surface area contributed by atoms with E-state index < -0.39 is 21.6 Å². The number of alkyl halides is 3. The number of rotatable bonds is 6. The highest BCUT2D eigenvalue weighted by Crippen LogP contribution is 2.43. The normalized spacial score (nSPS) is 18.7. The fourth-order valence-corrected chi connectivity index (χ4v) is 6.81. The third-order valence-corrected chi connectivity index (χ3v) is 9.50. The molecule has 4 heterocycles. The van der Waals surface area contributed by atoms with E-state index in [0.29, 0.717) is 51.7 Å². The van der Waals surface area contributed by atoms with Crippen molar-refractivity contribution in [2.45, 2.75) is 53.8 Å². The number of fused-ring (bicyclic) bond motifs is 2. The number of sulfonamides is 1. The molecule has 1 atom stereocenters. The van der Waals surface area contributed by atoms with Crippen molar-refractivity contribution >= 4 is 43.5 Å². The molecule has 0 saturated carbocycles. The first-order valence-electron chi connectivity index (χ1n) is 10.9. The number of aromatic nitrogens is 4. The molecular weight excluding hydrogens is 589 g/mol. The van der Waals surface area contributed by atoms with Crippen LogP contribution in [0, 0.1) is 0 Å². The summed E-state index contributed by atoms with van der Waals surface area (Å²) in [5.74, 6) is 1.78. The molecule has 0 radical (unpaired) electrons. The van der Waals surface area contributed by atoms with Crippen molar-refractivity contribution < 1.29 is 31.1 Å². The van der Waals surface area contributed by atoms with E-state index in [1.54, 1.807) is 16.7 Å². The van der Waals surface area contributed by atoms with Crippen LogP contribution < -0.4 is 15.2 Å². The lowest BCUT2D eigenvalue weighted by Gasteiger charge is -2.35. The number of halogens is 4. The molecule has 194 valence electrons. The van der Waals surface area contributed by atoms with Gasteiger partial charge in [-0.2, -0.15) is 17.5 Å². The van der Waals surface area contributed by atoms with E-state index in [1.165, 1.54) is 18.1 Å². The molecule has 16 heteroatoms. The molecule has 1 fully saturated rings. The molecule has 0 bridgehead atoms. The number of nitrogen functional groups attached to an aromatic ring is 1. The van der Waals surface area contributed by atoms with Gasteiger partial charge in [0.2, 0.25) is 6.79 Å². The van der Waals surface area contributed by atoms with E-state index in [-0.39, 0.29) is 32.1 Å². The lowest BCUT2D eigenvalue weighted by Crippen LogP contribution is -2.49. The van der Waals surface area contributed by atoms with Gasteiger partial charge in [0, 0.05) is 28.5 Å². The highest BCUT2D eigenvalue weighted by Gasteiger charge is 2.52. The van der Waals surface area contributed by atoms with E-state index in [2.05, 4.69) is 30.9 Å². The molecule has 10 nitrogen and oxygen atoms in total. The van der Waals surface area contributed by atoms with Crippen LogP contribution in [0.3, 0.4) is 0 Å². The van der Waals surface area contributed by atoms with E-state index in [0.717, 1.165) is 9.37 Å². The van der Waals surface area contributed by atoms with Gasteiger partial charge in [-0.25, -0.2) is 23.4 Å². The number of hydrogen-bond donors (Lipinski definition) is 1. The molecule has 4 aliphatic rings. The second kappa shape index (κ2) is 9.54. The predicted molar refractivity (Wildman–Crippen MR) is 127 cm³/mol. The highest BCUT2D eigenvalue weighted by molar-refractivity contribution is 9.10. The van der Waals surface area contributed by atoms with Gasteiger partial charge < -0.3 is 19.8 Å². The molecular formula is C20H20BrF3N6O4S2. The molecule has 0 spiro atoms. The van der Waals surface area contributed by atoms with E-state index in [4.69, 9.17) is 15.2 Å². The summed E-state index contributed by atoms with van der Waals surface area (Å²) in [7, 11) is -5.41. The van der Waals surface area contributed by atoms with Crippen LogP contribution >= 0.6 is 27.7 Å². The first-order valence-corrected chi connectivity index (χ1v) is 13.9. The number of ether oxygens (including phenoxy) is 2. The minimum absolute atomic E-state index is 0.136. The summed E-state index contributed by atoms with van der Waals surface area (Å²) in [5, 5.41) is 0.386. The van der Waals surface area contributed by atoms with Crippen LogP contribution in [0.25, 0.3) is 11.5 Å². The first kappa shape index (κ1) is 25.4. The molecule has 0 aliphatic carbocycles. The average Bonchev–Trinajstić information content (AvgIpc) is 3.45. The maximum absolute atomic E-state index is 13.2. The zero-order chi connectivity index (χ0) is 25.7. The summed E-state index contributed by atoms with van der Waals surface area (Å²) < 4.78 is 77.5. The lowest BCUT2D eigenvalue weighted by molar-refractivity contribution is -0.0510. The van der Waals surface area contributed by atoms with Crippen LogP contribution in [0.1, 0.15) is 25.7 Å². The molecule has 1 saturated heterocycles. The number of anilines is 1. The van der Waals surface area contributed by atoms with Gasteiger partial charge in [0.1, 0.15) is 0 Å². The van der Waals surface area contributed by atoms with Crippen molar-refractivity contribution in [2.24, 2.45) is 0 Å². The zero-order valence-electron chi connectivity index (χ0n) is 18.5. The molecule has 0 aromatic heterocycles. The Morgan fingerprint density at radius 1 is 1.19 bits per heavy atom. The van der Waals surface area contributed by atoms with Gasteiger partial charge in [0.15, 0.2) is 34.0 Å². The van der Waals surface area contributed by atoms with Gasteiger partial charge in [0.25, 0.3) is 0 Å². The molecule has 0 amide bonds. The third kappa shape index (κ3) is 4.70.